The maximum absolute atomic E-state index is 13.0. The van der Waals surface area contributed by atoms with E-state index in [1.165, 1.54) is 6.26 Å². The third kappa shape index (κ3) is 5.58. The number of nitrogens with zero attached hydrogens (tertiary/aromatic N) is 2. The molecule has 0 saturated heterocycles. The van der Waals surface area contributed by atoms with E-state index in [1.54, 1.807) is 4.90 Å². The minimum Gasteiger partial charge on any atom is -0.446 e. The van der Waals surface area contributed by atoms with E-state index in [9.17, 15) is 9.59 Å². The van der Waals surface area contributed by atoms with Crippen LogP contribution in [0, 0.1) is 0 Å². The van der Waals surface area contributed by atoms with Crippen LogP contribution in [0.15, 0.2) is 41.0 Å². The van der Waals surface area contributed by atoms with Gasteiger partial charge in [-0.1, -0.05) is 44.2 Å². The summed E-state index contributed by atoms with van der Waals surface area (Å²) < 4.78 is 5.45. The first-order valence-corrected chi connectivity index (χ1v) is 10.1. The average Bonchev–Trinajstić information content (AvgIpc) is 3.19. The number of hydrogen-bond donors (Lipinski definition) is 1. The summed E-state index contributed by atoms with van der Waals surface area (Å²) in [6.45, 7) is 8.01. The van der Waals surface area contributed by atoms with Crippen molar-refractivity contribution in [1.29, 1.82) is 0 Å². The van der Waals surface area contributed by atoms with Crippen LogP contribution in [0.25, 0.3) is 0 Å². The Kier molecular flexibility index (Phi) is 8.05. The number of alkyl halides is 1. The van der Waals surface area contributed by atoms with Gasteiger partial charge >= 0.3 is 0 Å². The zero-order valence-electron chi connectivity index (χ0n) is 16.8. The number of nitrogens with one attached hydrogen (secondary N) is 1. The van der Waals surface area contributed by atoms with Crippen molar-refractivity contribution in [3.63, 3.8) is 0 Å². The average molecular weight is 406 g/mol. The Bertz CT molecular complexity index is 778. The van der Waals surface area contributed by atoms with Gasteiger partial charge in [0.25, 0.3) is 5.91 Å². The fraction of sp³-hybridized carbons (Fsp3) is 0.476. The van der Waals surface area contributed by atoms with Crippen molar-refractivity contribution in [2.45, 2.75) is 64.5 Å². The monoisotopic (exact) mass is 405 g/mol. The van der Waals surface area contributed by atoms with E-state index in [0.717, 1.165) is 18.4 Å². The van der Waals surface area contributed by atoms with E-state index in [4.69, 9.17) is 16.0 Å². The summed E-state index contributed by atoms with van der Waals surface area (Å²) in [5, 5.41) is 2.05. The van der Waals surface area contributed by atoms with Gasteiger partial charge in [-0.05, 0) is 32.3 Å². The summed E-state index contributed by atoms with van der Waals surface area (Å²) in [5.74, 6) is -0.198. The molecule has 7 heteroatoms. The van der Waals surface area contributed by atoms with Crippen molar-refractivity contribution in [2.75, 3.05) is 0 Å². The number of oxazole rings is 1. The van der Waals surface area contributed by atoms with Gasteiger partial charge in [0.1, 0.15) is 11.6 Å². The van der Waals surface area contributed by atoms with Gasteiger partial charge in [-0.25, -0.2) is 4.98 Å². The molecule has 28 heavy (non-hydrogen) atoms. The minimum absolute atomic E-state index is 0.0497. The predicted octanol–water partition coefficient (Wildman–Crippen LogP) is 4.31. The number of halogens is 1. The first-order chi connectivity index (χ1) is 13.4. The molecule has 0 aliphatic rings. The Morgan fingerprint density at radius 3 is 2.46 bits per heavy atom. The molecule has 2 aromatic rings. The van der Waals surface area contributed by atoms with Crippen molar-refractivity contribution >= 4 is 23.4 Å². The highest BCUT2D eigenvalue weighted by atomic mass is 35.5. The quantitative estimate of drug-likeness (QED) is 0.630. The zero-order chi connectivity index (χ0) is 20.7. The van der Waals surface area contributed by atoms with E-state index in [0.29, 0.717) is 5.89 Å². The van der Waals surface area contributed by atoms with Crippen LogP contribution in [0.1, 0.15) is 67.9 Å². The van der Waals surface area contributed by atoms with Gasteiger partial charge in [0, 0.05) is 12.1 Å². The first kappa shape index (κ1) is 22.0. The number of carbonyl (C=O) groups excluding carboxylic acids is 2. The van der Waals surface area contributed by atoms with E-state index < -0.39 is 5.38 Å². The maximum Gasteiger partial charge on any atom is 0.273 e. The van der Waals surface area contributed by atoms with E-state index in [2.05, 4.69) is 10.3 Å². The van der Waals surface area contributed by atoms with Gasteiger partial charge in [-0.3, -0.25) is 9.59 Å². The highest BCUT2D eigenvalue weighted by Gasteiger charge is 2.28. The number of rotatable bonds is 9. The van der Waals surface area contributed by atoms with Gasteiger partial charge in [0.05, 0.1) is 6.54 Å². The number of hydrogen-bond acceptors (Lipinski definition) is 4. The Hall–Kier alpha value is -2.34. The summed E-state index contributed by atoms with van der Waals surface area (Å²) >= 11 is 6.44. The molecule has 1 heterocycles. The second-order valence-electron chi connectivity index (χ2n) is 6.91. The van der Waals surface area contributed by atoms with Crippen molar-refractivity contribution in [3.05, 3.63) is 53.7 Å². The molecule has 2 rings (SSSR count). The van der Waals surface area contributed by atoms with Crippen LogP contribution in [0.4, 0.5) is 0 Å². The molecule has 0 unspecified atom stereocenters. The molecule has 0 saturated carbocycles. The molecule has 0 bridgehead atoms. The molecule has 0 radical (unpaired) electrons. The third-order valence-electron chi connectivity index (χ3n) is 4.79. The van der Waals surface area contributed by atoms with E-state index >= 15 is 0 Å². The van der Waals surface area contributed by atoms with Crippen LogP contribution < -0.4 is 5.32 Å². The minimum atomic E-state index is -0.793. The lowest BCUT2D eigenvalue weighted by atomic mass is 10.1. The number of carbonyl (C=O) groups is 2. The zero-order valence-corrected chi connectivity index (χ0v) is 17.6. The topological polar surface area (TPSA) is 75.4 Å². The van der Waals surface area contributed by atoms with Gasteiger partial charge in [0.2, 0.25) is 11.8 Å². The number of benzene rings is 1. The smallest absolute Gasteiger partial charge is 0.273 e. The molecule has 2 amide bonds. The standard InChI is InChI=1S/C21H28ClN3O3/c1-5-14(3)23-20(26)17-13-28-18(24-17)12-25(15(4)6-2)21(27)19(22)16-10-8-7-9-11-16/h7-11,13-15,19H,5-6,12H2,1-4H3,(H,23,26)/t14-,15-,19+/m0/s1. The molecule has 1 aromatic heterocycles. The van der Waals surface area contributed by atoms with Crippen LogP contribution in [-0.2, 0) is 11.3 Å². The molecule has 0 aliphatic heterocycles. The molecular formula is C21H28ClN3O3. The molecule has 0 spiro atoms. The SMILES string of the molecule is CC[C@H](C)NC(=O)c1coc(CN(C(=O)[C@H](Cl)c2ccccc2)[C@@H](C)CC)n1. The lowest BCUT2D eigenvalue weighted by Crippen LogP contribution is -2.39. The normalized spacial score (nSPS) is 14.2. The lowest BCUT2D eigenvalue weighted by molar-refractivity contribution is -0.134. The van der Waals surface area contributed by atoms with Crippen LogP contribution in [0.2, 0.25) is 0 Å². The maximum atomic E-state index is 13.0. The highest BCUT2D eigenvalue weighted by Crippen LogP contribution is 2.25. The van der Waals surface area contributed by atoms with Gasteiger partial charge < -0.3 is 14.6 Å². The summed E-state index contributed by atoms with van der Waals surface area (Å²) in [5.41, 5.74) is 0.945. The molecule has 152 valence electrons. The third-order valence-corrected chi connectivity index (χ3v) is 5.23. The largest absolute Gasteiger partial charge is 0.446 e. The van der Waals surface area contributed by atoms with Crippen molar-refractivity contribution in [3.8, 4) is 0 Å². The van der Waals surface area contributed by atoms with Gasteiger partial charge in [0.15, 0.2) is 5.69 Å². The first-order valence-electron chi connectivity index (χ1n) is 9.62. The van der Waals surface area contributed by atoms with Crippen LogP contribution >= 0.6 is 11.6 Å². The number of aromatic nitrogens is 1. The second-order valence-corrected chi connectivity index (χ2v) is 7.34. The highest BCUT2D eigenvalue weighted by molar-refractivity contribution is 6.30. The van der Waals surface area contributed by atoms with E-state index in [-0.39, 0.29) is 36.1 Å². The van der Waals surface area contributed by atoms with Crippen molar-refractivity contribution in [1.82, 2.24) is 15.2 Å². The van der Waals surface area contributed by atoms with Gasteiger partial charge in [-0.15, -0.1) is 11.6 Å². The summed E-state index contributed by atoms with van der Waals surface area (Å²) in [6, 6.07) is 9.22. The summed E-state index contributed by atoms with van der Waals surface area (Å²) in [6.07, 6.45) is 2.90. The van der Waals surface area contributed by atoms with Crippen molar-refractivity contribution in [2.24, 2.45) is 0 Å². The van der Waals surface area contributed by atoms with E-state index in [1.807, 2.05) is 58.0 Å². The van der Waals surface area contributed by atoms with Gasteiger partial charge in [-0.2, -0.15) is 0 Å². The van der Waals surface area contributed by atoms with Crippen LogP contribution in [0.5, 0.6) is 0 Å². The molecule has 6 nitrogen and oxygen atoms in total. The van der Waals surface area contributed by atoms with Crippen LogP contribution in [0.3, 0.4) is 0 Å². The summed E-state index contributed by atoms with van der Waals surface area (Å²) in [4.78, 5) is 31.1. The molecule has 1 N–H and O–H groups in total. The lowest BCUT2D eigenvalue weighted by Gasteiger charge is -2.29. The molecule has 0 fully saturated rings. The molecule has 3 atom stereocenters. The second kappa shape index (κ2) is 10.3. The Labute approximate surface area is 171 Å². The Balaban J connectivity index is 2.14. The summed E-state index contributed by atoms with van der Waals surface area (Å²) in [7, 11) is 0. The molecule has 0 aliphatic carbocycles. The Morgan fingerprint density at radius 1 is 1.18 bits per heavy atom. The Morgan fingerprint density at radius 2 is 1.86 bits per heavy atom. The fourth-order valence-electron chi connectivity index (χ4n) is 2.61. The van der Waals surface area contributed by atoms with Crippen LogP contribution in [-0.4, -0.2) is 33.8 Å². The number of amides is 2. The predicted molar refractivity (Wildman–Crippen MR) is 109 cm³/mol. The fourth-order valence-corrected chi connectivity index (χ4v) is 2.89. The molecular weight excluding hydrogens is 378 g/mol. The van der Waals surface area contributed by atoms with Crippen molar-refractivity contribution < 1.29 is 14.0 Å². The molecule has 1 aromatic carbocycles.